The molecule has 4 N–H and O–H groups in total. The summed E-state index contributed by atoms with van der Waals surface area (Å²) in [4.78, 5) is 15.1. The van der Waals surface area contributed by atoms with Crippen molar-refractivity contribution in [2.75, 3.05) is 0 Å². The van der Waals surface area contributed by atoms with Gasteiger partial charge >= 0.3 is 0 Å². The van der Waals surface area contributed by atoms with Crippen LogP contribution in [0.3, 0.4) is 0 Å². The van der Waals surface area contributed by atoms with Gasteiger partial charge in [0.1, 0.15) is 5.75 Å². The molecular formula is C17H16N2O2. The summed E-state index contributed by atoms with van der Waals surface area (Å²) in [5.74, 6) is -1.09. The Morgan fingerprint density at radius 3 is 2.67 bits per heavy atom. The van der Waals surface area contributed by atoms with Crippen molar-refractivity contribution in [3.8, 4) is 5.75 Å². The summed E-state index contributed by atoms with van der Waals surface area (Å²) in [6.07, 6.45) is 1.78. The highest BCUT2D eigenvalue weighted by Gasteiger charge is 2.25. The Bertz CT molecular complexity index is 821. The van der Waals surface area contributed by atoms with Gasteiger partial charge in [-0.1, -0.05) is 30.3 Å². The molecule has 0 aliphatic carbocycles. The summed E-state index contributed by atoms with van der Waals surface area (Å²) in [7, 11) is 0. The highest BCUT2D eigenvalue weighted by atomic mass is 16.3. The number of carbonyl (C=O) groups is 1. The van der Waals surface area contributed by atoms with Gasteiger partial charge in [-0.05, 0) is 30.2 Å². The largest absolute Gasteiger partial charge is 0.508 e. The third-order valence-corrected chi connectivity index (χ3v) is 3.71. The van der Waals surface area contributed by atoms with Crippen molar-refractivity contribution in [1.82, 2.24) is 4.98 Å². The molecule has 4 nitrogen and oxygen atoms in total. The lowest BCUT2D eigenvalue weighted by Crippen LogP contribution is -2.22. The van der Waals surface area contributed by atoms with E-state index in [1.165, 1.54) is 0 Å². The van der Waals surface area contributed by atoms with E-state index in [0.29, 0.717) is 5.56 Å². The number of hydrogen-bond acceptors (Lipinski definition) is 2. The van der Waals surface area contributed by atoms with Gasteiger partial charge in [-0.3, -0.25) is 4.79 Å². The second-order valence-electron chi connectivity index (χ2n) is 5.19. The Hall–Kier alpha value is -2.75. The number of aromatic nitrogens is 1. The summed E-state index contributed by atoms with van der Waals surface area (Å²) in [5.41, 5.74) is 8.97. The fraction of sp³-hybridized carbons (Fsp3) is 0.118. The summed E-state index contributed by atoms with van der Waals surface area (Å²) in [6, 6.07) is 12.7. The number of fused-ring (bicyclic) bond motifs is 1. The number of nitrogens with two attached hydrogens (primary N) is 1. The zero-order chi connectivity index (χ0) is 15.0. The van der Waals surface area contributed by atoms with Gasteiger partial charge in [0, 0.05) is 22.7 Å². The van der Waals surface area contributed by atoms with E-state index in [1.807, 2.05) is 25.1 Å². The molecule has 4 heteroatoms. The number of carbonyl (C=O) groups excluding carboxylic acids is 1. The van der Waals surface area contributed by atoms with Gasteiger partial charge in [-0.25, -0.2) is 0 Å². The van der Waals surface area contributed by atoms with E-state index in [2.05, 4.69) is 4.98 Å². The van der Waals surface area contributed by atoms with Crippen LogP contribution in [0.25, 0.3) is 10.9 Å². The fourth-order valence-electron chi connectivity index (χ4n) is 2.71. The molecule has 0 saturated carbocycles. The van der Waals surface area contributed by atoms with Crippen LogP contribution in [-0.4, -0.2) is 16.0 Å². The van der Waals surface area contributed by atoms with E-state index in [4.69, 9.17) is 5.73 Å². The number of primary amides is 1. The minimum absolute atomic E-state index is 0.0720. The Morgan fingerprint density at radius 1 is 1.19 bits per heavy atom. The molecule has 0 bridgehead atoms. The topological polar surface area (TPSA) is 79.1 Å². The summed E-state index contributed by atoms with van der Waals surface area (Å²) in [5, 5.41) is 11.0. The molecule has 1 atom stereocenters. The third kappa shape index (κ3) is 2.25. The first-order valence-corrected chi connectivity index (χ1v) is 6.73. The average Bonchev–Trinajstić information content (AvgIpc) is 2.84. The van der Waals surface area contributed by atoms with Crippen molar-refractivity contribution in [2.24, 2.45) is 5.73 Å². The second kappa shape index (κ2) is 4.98. The molecule has 1 aromatic heterocycles. The Labute approximate surface area is 122 Å². The highest BCUT2D eigenvalue weighted by Crippen LogP contribution is 2.35. The molecule has 0 aliphatic heterocycles. The zero-order valence-electron chi connectivity index (χ0n) is 11.6. The Morgan fingerprint density at radius 2 is 1.95 bits per heavy atom. The zero-order valence-corrected chi connectivity index (χ0v) is 11.6. The van der Waals surface area contributed by atoms with Crippen molar-refractivity contribution >= 4 is 16.8 Å². The quantitative estimate of drug-likeness (QED) is 0.689. The SMILES string of the molecule is Cc1ccc2c(C(C(N)=O)c3ccccc3O)c[nH]c2c1. The number of benzene rings is 2. The molecule has 3 aromatic rings. The summed E-state index contributed by atoms with van der Waals surface area (Å²) < 4.78 is 0. The van der Waals surface area contributed by atoms with Gasteiger partial charge in [0.05, 0.1) is 5.92 Å². The van der Waals surface area contributed by atoms with Crippen LogP contribution in [0.1, 0.15) is 22.6 Å². The van der Waals surface area contributed by atoms with E-state index >= 15 is 0 Å². The molecule has 0 aliphatic rings. The van der Waals surface area contributed by atoms with Crippen molar-refractivity contribution in [3.05, 3.63) is 65.4 Å². The van der Waals surface area contributed by atoms with Crippen molar-refractivity contribution in [3.63, 3.8) is 0 Å². The first kappa shape index (κ1) is 13.2. The highest BCUT2D eigenvalue weighted by molar-refractivity contribution is 5.94. The average molecular weight is 280 g/mol. The molecule has 2 aromatic carbocycles. The second-order valence-corrected chi connectivity index (χ2v) is 5.19. The van der Waals surface area contributed by atoms with Gasteiger partial charge in [0.2, 0.25) is 5.91 Å². The number of aromatic hydroxyl groups is 1. The minimum Gasteiger partial charge on any atom is -0.508 e. The molecule has 1 amide bonds. The van der Waals surface area contributed by atoms with Gasteiger partial charge < -0.3 is 15.8 Å². The lowest BCUT2D eigenvalue weighted by Gasteiger charge is -2.14. The maximum Gasteiger partial charge on any atom is 0.229 e. The number of aryl methyl sites for hydroxylation is 1. The molecule has 106 valence electrons. The molecule has 1 unspecified atom stereocenters. The molecule has 3 rings (SSSR count). The monoisotopic (exact) mass is 280 g/mol. The fourth-order valence-corrected chi connectivity index (χ4v) is 2.71. The molecule has 0 saturated heterocycles. The molecule has 0 spiro atoms. The smallest absolute Gasteiger partial charge is 0.229 e. The van der Waals surface area contributed by atoms with E-state index in [1.54, 1.807) is 30.5 Å². The number of hydrogen-bond donors (Lipinski definition) is 3. The van der Waals surface area contributed by atoms with Gasteiger partial charge in [-0.15, -0.1) is 0 Å². The normalized spacial score (nSPS) is 12.4. The van der Waals surface area contributed by atoms with Crippen molar-refractivity contribution in [2.45, 2.75) is 12.8 Å². The van der Waals surface area contributed by atoms with Crippen LogP contribution in [0.5, 0.6) is 5.75 Å². The predicted molar refractivity (Wildman–Crippen MR) is 82.2 cm³/mol. The van der Waals surface area contributed by atoms with E-state index < -0.39 is 11.8 Å². The van der Waals surface area contributed by atoms with Gasteiger partial charge in [0.25, 0.3) is 0 Å². The number of para-hydroxylation sites is 1. The first-order chi connectivity index (χ1) is 10.1. The van der Waals surface area contributed by atoms with Crippen LogP contribution < -0.4 is 5.73 Å². The lowest BCUT2D eigenvalue weighted by molar-refractivity contribution is -0.118. The number of H-pyrrole nitrogens is 1. The molecule has 1 heterocycles. The number of amides is 1. The van der Waals surface area contributed by atoms with Crippen molar-refractivity contribution < 1.29 is 9.90 Å². The van der Waals surface area contributed by atoms with Crippen LogP contribution in [-0.2, 0) is 4.79 Å². The lowest BCUT2D eigenvalue weighted by atomic mass is 9.89. The minimum atomic E-state index is -0.678. The number of rotatable bonds is 3. The molecular weight excluding hydrogens is 264 g/mol. The Balaban J connectivity index is 2.21. The van der Waals surface area contributed by atoms with Crippen LogP contribution in [0, 0.1) is 6.92 Å². The standard InChI is InChI=1S/C17H16N2O2/c1-10-6-7-11-13(9-19-14(11)8-10)16(17(18)21)12-4-2-3-5-15(12)20/h2-9,16,19-20H,1H3,(H2,18,21). The van der Waals surface area contributed by atoms with Crippen LogP contribution in [0.2, 0.25) is 0 Å². The van der Waals surface area contributed by atoms with E-state index in [-0.39, 0.29) is 5.75 Å². The van der Waals surface area contributed by atoms with Crippen LogP contribution in [0.4, 0.5) is 0 Å². The number of aromatic amines is 1. The summed E-state index contributed by atoms with van der Waals surface area (Å²) in [6.45, 7) is 2.01. The van der Waals surface area contributed by atoms with Crippen molar-refractivity contribution in [1.29, 1.82) is 0 Å². The maximum absolute atomic E-state index is 12.0. The molecule has 21 heavy (non-hydrogen) atoms. The number of phenolic OH excluding ortho intramolecular Hbond substituents is 1. The predicted octanol–water partition coefficient (Wildman–Crippen LogP) is 2.80. The van der Waals surface area contributed by atoms with Crippen LogP contribution >= 0.6 is 0 Å². The molecule has 0 fully saturated rings. The van der Waals surface area contributed by atoms with Gasteiger partial charge in [0.15, 0.2) is 0 Å². The first-order valence-electron chi connectivity index (χ1n) is 6.73. The van der Waals surface area contributed by atoms with Crippen LogP contribution in [0.15, 0.2) is 48.7 Å². The number of phenols is 1. The third-order valence-electron chi connectivity index (χ3n) is 3.71. The maximum atomic E-state index is 12.0. The van der Waals surface area contributed by atoms with E-state index in [0.717, 1.165) is 22.0 Å². The number of nitrogens with one attached hydrogen (secondary N) is 1. The van der Waals surface area contributed by atoms with E-state index in [9.17, 15) is 9.90 Å². The Kier molecular flexibility index (Phi) is 3.14. The van der Waals surface area contributed by atoms with Gasteiger partial charge in [-0.2, -0.15) is 0 Å². The summed E-state index contributed by atoms with van der Waals surface area (Å²) >= 11 is 0. The molecule has 0 radical (unpaired) electrons.